The Kier molecular flexibility index (Phi) is 7.58. The van der Waals surface area contributed by atoms with E-state index >= 15 is 0 Å². The number of methoxy groups -OCH3 is 1. The molecule has 1 atom stereocenters. The third kappa shape index (κ3) is 4.92. The van der Waals surface area contributed by atoms with Crippen LogP contribution >= 0.6 is 11.3 Å². The molecular weight excluding hydrogens is 496 g/mol. The number of aliphatic hydroxyl groups excluding tert-OH is 1. The number of aliphatic hydroxyl groups is 1. The molecule has 3 aromatic rings. The van der Waals surface area contributed by atoms with E-state index < -0.39 is 23.7 Å². The molecule has 2 heterocycles. The van der Waals surface area contributed by atoms with Gasteiger partial charge in [0.15, 0.2) is 5.13 Å². The van der Waals surface area contributed by atoms with E-state index in [-0.39, 0.29) is 27.9 Å². The van der Waals surface area contributed by atoms with Crippen LogP contribution in [-0.4, -0.2) is 48.1 Å². The molecule has 1 fully saturated rings. The third-order valence-corrected chi connectivity index (χ3v) is 6.88. The van der Waals surface area contributed by atoms with Crippen LogP contribution in [0.3, 0.4) is 0 Å². The molecule has 0 spiro atoms. The highest BCUT2D eigenvalue weighted by molar-refractivity contribution is 7.17. The fourth-order valence-corrected chi connectivity index (χ4v) is 5.04. The van der Waals surface area contributed by atoms with Crippen molar-refractivity contribution in [2.45, 2.75) is 26.8 Å². The maximum atomic E-state index is 13.4. The van der Waals surface area contributed by atoms with Gasteiger partial charge in [-0.3, -0.25) is 14.5 Å². The molecule has 9 nitrogen and oxygen atoms in total. The zero-order valence-corrected chi connectivity index (χ0v) is 21.6. The highest BCUT2D eigenvalue weighted by Crippen LogP contribution is 2.44. The molecule has 10 heteroatoms. The van der Waals surface area contributed by atoms with Crippen molar-refractivity contribution in [3.05, 3.63) is 75.8 Å². The minimum Gasteiger partial charge on any atom is -0.507 e. The van der Waals surface area contributed by atoms with E-state index in [1.807, 2.05) is 6.92 Å². The standard InChI is InChI=1S/C27H26N2O7S/c1-5-35-18-12-10-16(11-13-18)21-20(22(30)17-8-7-9-19(14-17)34-4)23(31)25(32)29(21)27-28-15(3)24(37-27)26(33)36-6-2/h7-14,21,30H,5-6H2,1-4H3/b22-20+. The number of rotatable bonds is 8. The zero-order chi connectivity index (χ0) is 26.7. The predicted octanol–water partition coefficient (Wildman–Crippen LogP) is 4.66. The molecule has 0 saturated carbocycles. The summed E-state index contributed by atoms with van der Waals surface area (Å²) in [5.74, 6) is -1.56. The number of anilines is 1. The Labute approximate surface area is 217 Å². The number of carbonyl (C=O) groups excluding carboxylic acids is 3. The van der Waals surface area contributed by atoms with Crippen LogP contribution in [0.25, 0.3) is 5.76 Å². The summed E-state index contributed by atoms with van der Waals surface area (Å²) in [6, 6.07) is 12.5. The van der Waals surface area contributed by atoms with E-state index in [2.05, 4.69) is 4.98 Å². The number of nitrogens with zero attached hydrogens (tertiary/aromatic N) is 2. The lowest BCUT2D eigenvalue weighted by atomic mass is 9.95. The Balaban J connectivity index is 1.90. The smallest absolute Gasteiger partial charge is 0.350 e. The van der Waals surface area contributed by atoms with Crippen molar-refractivity contribution in [1.29, 1.82) is 0 Å². The average molecular weight is 523 g/mol. The van der Waals surface area contributed by atoms with Crippen LogP contribution in [-0.2, 0) is 14.3 Å². The molecule has 37 heavy (non-hydrogen) atoms. The van der Waals surface area contributed by atoms with Crippen LogP contribution in [0, 0.1) is 6.92 Å². The lowest BCUT2D eigenvalue weighted by molar-refractivity contribution is -0.132. The highest BCUT2D eigenvalue weighted by atomic mass is 32.1. The lowest BCUT2D eigenvalue weighted by Crippen LogP contribution is -2.29. The van der Waals surface area contributed by atoms with Gasteiger partial charge in [-0.25, -0.2) is 9.78 Å². The molecule has 1 unspecified atom stereocenters. The molecule has 1 saturated heterocycles. The summed E-state index contributed by atoms with van der Waals surface area (Å²) >= 11 is 0.954. The number of carbonyl (C=O) groups is 3. The van der Waals surface area contributed by atoms with Gasteiger partial charge in [-0.05, 0) is 50.6 Å². The summed E-state index contributed by atoms with van der Waals surface area (Å²) < 4.78 is 15.9. The monoisotopic (exact) mass is 522 g/mol. The van der Waals surface area contributed by atoms with Crippen molar-refractivity contribution in [1.82, 2.24) is 4.98 Å². The van der Waals surface area contributed by atoms with Gasteiger partial charge < -0.3 is 19.3 Å². The molecule has 0 radical (unpaired) electrons. The molecule has 1 aliphatic rings. The van der Waals surface area contributed by atoms with Crippen LogP contribution < -0.4 is 14.4 Å². The number of thiazole rings is 1. The van der Waals surface area contributed by atoms with E-state index in [9.17, 15) is 19.5 Å². The number of aryl methyl sites for hydroxylation is 1. The first-order chi connectivity index (χ1) is 17.8. The molecular formula is C27H26N2O7S. The van der Waals surface area contributed by atoms with Crippen molar-refractivity contribution in [2.24, 2.45) is 0 Å². The maximum Gasteiger partial charge on any atom is 0.350 e. The summed E-state index contributed by atoms with van der Waals surface area (Å²) in [7, 11) is 1.49. The van der Waals surface area contributed by atoms with Gasteiger partial charge in [-0.15, -0.1) is 0 Å². The topological polar surface area (TPSA) is 115 Å². The molecule has 1 aliphatic heterocycles. The number of hydrogen-bond acceptors (Lipinski definition) is 9. The number of hydrogen-bond donors (Lipinski definition) is 1. The van der Waals surface area contributed by atoms with Gasteiger partial charge in [0.25, 0.3) is 5.78 Å². The van der Waals surface area contributed by atoms with Gasteiger partial charge >= 0.3 is 11.9 Å². The number of amides is 1. The molecule has 0 bridgehead atoms. The van der Waals surface area contributed by atoms with Gasteiger partial charge in [0, 0.05) is 5.56 Å². The molecule has 4 rings (SSSR count). The Morgan fingerprint density at radius 3 is 2.46 bits per heavy atom. The van der Waals surface area contributed by atoms with Gasteiger partial charge in [-0.1, -0.05) is 35.6 Å². The van der Waals surface area contributed by atoms with Gasteiger partial charge in [-0.2, -0.15) is 0 Å². The second kappa shape index (κ2) is 10.8. The summed E-state index contributed by atoms with van der Waals surface area (Å²) in [6.45, 7) is 5.84. The number of Topliss-reactive ketones (excluding diaryl/α,β-unsaturated/α-hetero) is 1. The maximum absolute atomic E-state index is 13.4. The van der Waals surface area contributed by atoms with Crippen LogP contribution in [0.2, 0.25) is 0 Å². The Morgan fingerprint density at radius 2 is 1.81 bits per heavy atom. The number of benzene rings is 2. The van der Waals surface area contributed by atoms with E-state index in [1.54, 1.807) is 62.4 Å². The minimum absolute atomic E-state index is 0.104. The summed E-state index contributed by atoms with van der Waals surface area (Å²) in [5, 5.41) is 11.4. The molecule has 1 N–H and O–H groups in total. The largest absolute Gasteiger partial charge is 0.507 e. The summed E-state index contributed by atoms with van der Waals surface area (Å²) in [4.78, 5) is 45.0. The zero-order valence-electron chi connectivity index (χ0n) is 20.8. The van der Waals surface area contributed by atoms with E-state index in [0.29, 0.717) is 34.9 Å². The van der Waals surface area contributed by atoms with Crippen LogP contribution in [0.1, 0.15) is 46.4 Å². The lowest BCUT2D eigenvalue weighted by Gasteiger charge is -2.23. The average Bonchev–Trinajstić information content (AvgIpc) is 3.41. The van der Waals surface area contributed by atoms with Crippen LogP contribution in [0.4, 0.5) is 5.13 Å². The number of aromatic nitrogens is 1. The fraction of sp³-hybridized carbons (Fsp3) is 0.259. The summed E-state index contributed by atoms with van der Waals surface area (Å²) in [6.07, 6.45) is 0. The number of ether oxygens (including phenoxy) is 3. The van der Waals surface area contributed by atoms with Crippen molar-refractivity contribution in [3.63, 3.8) is 0 Å². The first kappa shape index (κ1) is 25.9. The van der Waals surface area contributed by atoms with Crippen molar-refractivity contribution < 1.29 is 33.7 Å². The van der Waals surface area contributed by atoms with Gasteiger partial charge in [0.05, 0.1) is 37.6 Å². The Bertz CT molecular complexity index is 1380. The second-order valence-corrected chi connectivity index (χ2v) is 9.01. The van der Waals surface area contributed by atoms with Crippen LogP contribution in [0.15, 0.2) is 54.1 Å². The molecule has 0 aliphatic carbocycles. The molecule has 1 aromatic heterocycles. The molecule has 1 amide bonds. The van der Waals surface area contributed by atoms with E-state index in [4.69, 9.17) is 14.2 Å². The molecule has 192 valence electrons. The van der Waals surface area contributed by atoms with E-state index in [1.165, 1.54) is 12.0 Å². The first-order valence-corrected chi connectivity index (χ1v) is 12.4. The van der Waals surface area contributed by atoms with Crippen molar-refractivity contribution in [2.75, 3.05) is 25.2 Å². The van der Waals surface area contributed by atoms with E-state index in [0.717, 1.165) is 11.3 Å². The van der Waals surface area contributed by atoms with Gasteiger partial charge in [0.2, 0.25) is 0 Å². The summed E-state index contributed by atoms with van der Waals surface area (Å²) in [5.41, 5.74) is 1.14. The number of esters is 1. The quantitative estimate of drug-likeness (QED) is 0.197. The minimum atomic E-state index is -0.998. The highest BCUT2D eigenvalue weighted by Gasteiger charge is 2.48. The van der Waals surface area contributed by atoms with Crippen LogP contribution in [0.5, 0.6) is 11.5 Å². The van der Waals surface area contributed by atoms with Crippen molar-refractivity contribution >= 4 is 39.9 Å². The predicted molar refractivity (Wildman–Crippen MR) is 138 cm³/mol. The Hall–Kier alpha value is -4.18. The van der Waals surface area contributed by atoms with Gasteiger partial charge in [0.1, 0.15) is 22.1 Å². The fourth-order valence-electron chi connectivity index (χ4n) is 4.06. The molecule has 2 aromatic carbocycles. The van der Waals surface area contributed by atoms with Crippen molar-refractivity contribution in [3.8, 4) is 11.5 Å². The normalized spacial score (nSPS) is 16.6. The SMILES string of the molecule is CCOC(=O)c1sc(N2C(=O)C(=O)/C(=C(/O)c3cccc(OC)c3)C2c2ccc(OCC)cc2)nc1C. The second-order valence-electron chi connectivity index (χ2n) is 8.03. The first-order valence-electron chi connectivity index (χ1n) is 11.6. The Morgan fingerprint density at radius 1 is 1.08 bits per heavy atom. The number of ketones is 1. The third-order valence-electron chi connectivity index (χ3n) is 5.75.